The number of aromatic carboxylic acids is 1. The van der Waals surface area contributed by atoms with E-state index < -0.39 is 12.0 Å². The first-order valence-corrected chi connectivity index (χ1v) is 7.31. The van der Waals surface area contributed by atoms with Crippen molar-refractivity contribution in [2.45, 2.75) is 12.5 Å². The number of nitrogens with one attached hydrogen (secondary N) is 1. The molecule has 1 aromatic rings. The number of benzene rings is 1. The number of halogens is 1. The number of thioether (sulfide) groups is 1. The maximum atomic E-state index is 11.8. The second kappa shape index (κ2) is 7.37. The smallest absolute Gasteiger partial charge is 0.337 e. The molecule has 19 heavy (non-hydrogen) atoms. The molecule has 0 aliphatic rings. The normalized spacial score (nSPS) is 11.9. The van der Waals surface area contributed by atoms with Crippen LogP contribution in [0, 0.1) is 0 Å². The van der Waals surface area contributed by atoms with Gasteiger partial charge in [0.05, 0.1) is 16.6 Å². The lowest BCUT2D eigenvalue weighted by atomic mass is 10.2. The minimum absolute atomic E-state index is 0.0582. The van der Waals surface area contributed by atoms with Gasteiger partial charge in [0.15, 0.2) is 0 Å². The van der Waals surface area contributed by atoms with Gasteiger partial charge < -0.3 is 16.2 Å². The van der Waals surface area contributed by atoms with E-state index >= 15 is 0 Å². The maximum absolute atomic E-state index is 11.8. The van der Waals surface area contributed by atoms with Gasteiger partial charge in [-0.1, -0.05) is 11.6 Å². The molecular formula is C12H15ClN2O3S. The van der Waals surface area contributed by atoms with E-state index in [2.05, 4.69) is 5.32 Å². The van der Waals surface area contributed by atoms with Crippen LogP contribution >= 0.6 is 23.4 Å². The molecule has 4 N–H and O–H groups in total. The minimum atomic E-state index is -1.15. The van der Waals surface area contributed by atoms with E-state index in [-0.39, 0.29) is 16.5 Å². The van der Waals surface area contributed by atoms with Crippen LogP contribution in [-0.4, -0.2) is 35.0 Å². The molecule has 1 amide bonds. The third-order valence-corrected chi connectivity index (χ3v) is 3.41. The molecule has 1 aromatic carbocycles. The highest BCUT2D eigenvalue weighted by molar-refractivity contribution is 7.98. The van der Waals surface area contributed by atoms with E-state index in [1.165, 1.54) is 18.2 Å². The van der Waals surface area contributed by atoms with Crippen molar-refractivity contribution in [3.05, 3.63) is 28.8 Å². The van der Waals surface area contributed by atoms with Crippen LogP contribution in [0.1, 0.15) is 16.8 Å². The number of carbonyl (C=O) groups is 2. The second-order valence-electron chi connectivity index (χ2n) is 3.88. The lowest BCUT2D eigenvalue weighted by Crippen LogP contribution is -2.36. The summed E-state index contributed by atoms with van der Waals surface area (Å²) in [6.45, 7) is 0. The Hall–Kier alpha value is -1.24. The summed E-state index contributed by atoms with van der Waals surface area (Å²) < 4.78 is 0. The monoisotopic (exact) mass is 302 g/mol. The maximum Gasteiger partial charge on any atom is 0.337 e. The predicted octanol–water partition coefficient (Wildman–Crippen LogP) is 2.06. The number of hydrogen-bond donors (Lipinski definition) is 3. The van der Waals surface area contributed by atoms with Gasteiger partial charge in [-0.3, -0.25) is 4.79 Å². The summed E-state index contributed by atoms with van der Waals surface area (Å²) in [5.41, 5.74) is 6.02. The van der Waals surface area contributed by atoms with Crippen molar-refractivity contribution in [2.75, 3.05) is 17.3 Å². The lowest BCUT2D eigenvalue weighted by Gasteiger charge is -2.12. The number of carbonyl (C=O) groups excluding carboxylic acids is 1. The molecule has 0 aliphatic heterocycles. The summed E-state index contributed by atoms with van der Waals surface area (Å²) in [5.74, 6) is -0.698. The third kappa shape index (κ3) is 4.74. The van der Waals surface area contributed by atoms with Gasteiger partial charge in [0, 0.05) is 5.69 Å². The highest BCUT2D eigenvalue weighted by Gasteiger charge is 2.15. The molecule has 0 bridgehead atoms. The number of carboxylic acids is 1. The van der Waals surface area contributed by atoms with Crippen molar-refractivity contribution in [2.24, 2.45) is 5.73 Å². The topological polar surface area (TPSA) is 92.4 Å². The number of rotatable bonds is 6. The molecule has 0 spiro atoms. The van der Waals surface area contributed by atoms with Gasteiger partial charge in [-0.15, -0.1) is 0 Å². The first-order valence-electron chi connectivity index (χ1n) is 5.54. The van der Waals surface area contributed by atoms with Crippen molar-refractivity contribution >= 4 is 40.9 Å². The summed E-state index contributed by atoms with van der Waals surface area (Å²) in [5, 5.41) is 11.6. The van der Waals surface area contributed by atoms with Crippen molar-refractivity contribution in [1.82, 2.24) is 0 Å². The molecule has 0 heterocycles. The summed E-state index contributed by atoms with van der Waals surface area (Å²) in [7, 11) is 0. The van der Waals surface area contributed by atoms with Crippen LogP contribution in [-0.2, 0) is 4.79 Å². The quantitative estimate of drug-likeness (QED) is 0.748. The van der Waals surface area contributed by atoms with E-state index in [1.807, 2.05) is 6.26 Å². The van der Waals surface area contributed by atoms with Crippen LogP contribution in [0.3, 0.4) is 0 Å². The van der Waals surface area contributed by atoms with Gasteiger partial charge in [0.2, 0.25) is 5.91 Å². The molecule has 0 aliphatic carbocycles. The highest BCUT2D eigenvalue weighted by Crippen LogP contribution is 2.20. The molecule has 7 heteroatoms. The average molecular weight is 303 g/mol. The molecule has 0 saturated carbocycles. The molecule has 104 valence electrons. The fourth-order valence-electron chi connectivity index (χ4n) is 1.38. The fourth-order valence-corrected chi connectivity index (χ4v) is 2.07. The zero-order valence-electron chi connectivity index (χ0n) is 10.4. The summed E-state index contributed by atoms with van der Waals surface area (Å²) in [6.07, 6.45) is 2.50. The van der Waals surface area contributed by atoms with E-state index in [4.69, 9.17) is 22.4 Å². The third-order valence-electron chi connectivity index (χ3n) is 2.43. The van der Waals surface area contributed by atoms with Crippen molar-refractivity contribution in [3.63, 3.8) is 0 Å². The molecule has 1 atom stereocenters. The molecule has 0 aromatic heterocycles. The zero-order valence-corrected chi connectivity index (χ0v) is 11.9. The minimum Gasteiger partial charge on any atom is -0.478 e. The van der Waals surface area contributed by atoms with Crippen LogP contribution in [0.4, 0.5) is 5.69 Å². The molecule has 1 rings (SSSR count). The Morgan fingerprint density at radius 2 is 2.21 bits per heavy atom. The fraction of sp³-hybridized carbons (Fsp3) is 0.333. The lowest BCUT2D eigenvalue weighted by molar-refractivity contribution is -0.117. The second-order valence-corrected chi connectivity index (χ2v) is 5.27. The van der Waals surface area contributed by atoms with Crippen LogP contribution in [0.25, 0.3) is 0 Å². The average Bonchev–Trinajstić information content (AvgIpc) is 2.37. The molecule has 0 saturated heterocycles. The highest BCUT2D eigenvalue weighted by atomic mass is 35.5. The van der Waals surface area contributed by atoms with Gasteiger partial charge in [-0.25, -0.2) is 4.79 Å². The molecule has 5 nitrogen and oxygen atoms in total. The van der Waals surface area contributed by atoms with E-state index in [9.17, 15) is 9.59 Å². The number of carboxylic acid groups (broad SMARTS) is 1. The van der Waals surface area contributed by atoms with Gasteiger partial charge in [0.25, 0.3) is 0 Å². The Kier molecular flexibility index (Phi) is 6.14. The molecular weight excluding hydrogens is 288 g/mol. The van der Waals surface area contributed by atoms with Gasteiger partial charge in [-0.2, -0.15) is 11.8 Å². The Bertz CT molecular complexity index is 482. The summed E-state index contributed by atoms with van der Waals surface area (Å²) in [4.78, 5) is 22.7. The standard InChI is InChI=1S/C12H15ClN2O3S/c1-19-5-4-10(14)11(16)15-7-2-3-9(13)8(6-7)12(17)18/h2-3,6,10H,4-5,14H2,1H3,(H,15,16)(H,17,18)/t10-/m1/s1. The van der Waals surface area contributed by atoms with E-state index in [0.29, 0.717) is 12.1 Å². The van der Waals surface area contributed by atoms with E-state index in [0.717, 1.165) is 5.75 Å². The van der Waals surface area contributed by atoms with Gasteiger partial charge in [0.1, 0.15) is 0 Å². The number of amides is 1. The largest absolute Gasteiger partial charge is 0.478 e. The Morgan fingerprint density at radius 3 is 2.79 bits per heavy atom. The van der Waals surface area contributed by atoms with Gasteiger partial charge in [-0.05, 0) is 36.6 Å². The van der Waals surface area contributed by atoms with Crippen LogP contribution < -0.4 is 11.1 Å². The summed E-state index contributed by atoms with van der Waals surface area (Å²) >= 11 is 7.34. The summed E-state index contributed by atoms with van der Waals surface area (Å²) in [6, 6.07) is 3.66. The Labute approximate surface area is 120 Å². The van der Waals surface area contributed by atoms with Crippen molar-refractivity contribution in [3.8, 4) is 0 Å². The number of hydrogen-bond acceptors (Lipinski definition) is 4. The number of anilines is 1. The molecule has 0 unspecified atom stereocenters. The Morgan fingerprint density at radius 1 is 1.53 bits per heavy atom. The van der Waals surface area contributed by atoms with Crippen molar-refractivity contribution < 1.29 is 14.7 Å². The first kappa shape index (κ1) is 15.8. The van der Waals surface area contributed by atoms with Crippen LogP contribution in [0.2, 0.25) is 5.02 Å². The Balaban J connectivity index is 2.74. The van der Waals surface area contributed by atoms with Crippen molar-refractivity contribution in [1.29, 1.82) is 0 Å². The first-order chi connectivity index (χ1) is 8.95. The van der Waals surface area contributed by atoms with E-state index in [1.54, 1.807) is 11.8 Å². The number of nitrogens with two attached hydrogens (primary N) is 1. The van der Waals surface area contributed by atoms with Crippen LogP contribution in [0.5, 0.6) is 0 Å². The van der Waals surface area contributed by atoms with Gasteiger partial charge >= 0.3 is 5.97 Å². The molecule has 0 fully saturated rings. The zero-order chi connectivity index (χ0) is 14.4. The van der Waals surface area contributed by atoms with Crippen LogP contribution in [0.15, 0.2) is 18.2 Å². The molecule has 0 radical (unpaired) electrons. The SMILES string of the molecule is CSCC[C@@H](N)C(=O)Nc1ccc(Cl)c(C(=O)O)c1. The predicted molar refractivity (Wildman–Crippen MR) is 78.0 cm³/mol.